The Bertz CT molecular complexity index is 1200. The number of benzene rings is 1. The molecule has 0 radical (unpaired) electrons. The third-order valence-corrected chi connectivity index (χ3v) is 4.28. The summed E-state index contributed by atoms with van der Waals surface area (Å²) in [4.78, 5) is 21.0. The second-order valence-corrected chi connectivity index (χ2v) is 6.38. The smallest absolute Gasteiger partial charge is 0.281 e. The van der Waals surface area contributed by atoms with Gasteiger partial charge in [-0.3, -0.25) is 9.36 Å². The van der Waals surface area contributed by atoms with Crippen molar-refractivity contribution in [2.24, 2.45) is 7.05 Å². The number of fused-ring (bicyclic) bond motifs is 1. The molecule has 0 amide bonds. The van der Waals surface area contributed by atoms with Gasteiger partial charge in [0.05, 0.1) is 0 Å². The number of halogens is 1. The Kier molecular flexibility index (Phi) is 4.28. The lowest BCUT2D eigenvalue weighted by Crippen LogP contribution is -2.22. The minimum Gasteiger partial charge on any atom is -0.337 e. The first-order valence-corrected chi connectivity index (χ1v) is 8.41. The quantitative estimate of drug-likeness (QED) is 0.531. The third-order valence-electron chi connectivity index (χ3n) is 4.03. The van der Waals surface area contributed by atoms with Gasteiger partial charge in [0, 0.05) is 12.1 Å². The van der Waals surface area contributed by atoms with E-state index in [0.717, 1.165) is 11.1 Å². The molecule has 0 aliphatic heterocycles. The van der Waals surface area contributed by atoms with Gasteiger partial charge in [-0.1, -0.05) is 34.1 Å². The molecule has 3 heterocycles. The topological polar surface area (TPSA) is 105 Å². The van der Waals surface area contributed by atoms with E-state index in [1.54, 1.807) is 13.1 Å². The molecule has 10 heteroatoms. The van der Waals surface area contributed by atoms with Crippen LogP contribution in [0, 0.1) is 0 Å². The summed E-state index contributed by atoms with van der Waals surface area (Å²) in [5.41, 5.74) is 2.29. The Hall–Kier alpha value is -3.33. The summed E-state index contributed by atoms with van der Waals surface area (Å²) < 4.78 is 8.01. The average Bonchev–Trinajstić information content (AvgIpc) is 3.25. The molecule has 0 bridgehead atoms. The van der Waals surface area contributed by atoms with Crippen LogP contribution in [0.1, 0.15) is 24.2 Å². The second-order valence-electron chi connectivity index (χ2n) is 5.94. The van der Waals surface area contributed by atoms with Gasteiger partial charge in [-0.15, -0.1) is 5.10 Å². The first kappa shape index (κ1) is 17.1. The molecular weight excluding hydrogens is 370 g/mol. The fraction of sp³-hybridized carbons (Fsp3) is 0.176. The highest BCUT2D eigenvalue weighted by molar-refractivity contribution is 6.30. The van der Waals surface area contributed by atoms with Crippen molar-refractivity contribution >= 4 is 34.4 Å². The van der Waals surface area contributed by atoms with Crippen LogP contribution < -0.4 is 5.56 Å². The van der Waals surface area contributed by atoms with E-state index in [0.29, 0.717) is 27.9 Å². The van der Waals surface area contributed by atoms with Crippen molar-refractivity contribution in [3.05, 3.63) is 63.2 Å². The highest BCUT2D eigenvalue weighted by atomic mass is 35.5. The molecule has 9 nitrogen and oxygen atoms in total. The second kappa shape index (κ2) is 6.76. The molecule has 0 spiro atoms. The molecule has 0 aliphatic carbocycles. The highest BCUT2D eigenvalue weighted by Crippen LogP contribution is 2.19. The first-order chi connectivity index (χ1) is 13.0. The zero-order valence-corrected chi connectivity index (χ0v) is 15.3. The van der Waals surface area contributed by atoms with E-state index in [4.69, 9.17) is 16.1 Å². The molecular formula is C17H14ClN7O2. The lowest BCUT2D eigenvalue weighted by molar-refractivity contribution is 0.367. The van der Waals surface area contributed by atoms with Crippen molar-refractivity contribution in [2.75, 3.05) is 0 Å². The molecule has 27 heavy (non-hydrogen) atoms. The van der Waals surface area contributed by atoms with Gasteiger partial charge < -0.3 is 4.52 Å². The Morgan fingerprint density at radius 3 is 2.85 bits per heavy atom. The number of aryl methyl sites for hydroxylation is 1. The molecule has 3 aromatic heterocycles. The van der Waals surface area contributed by atoms with Crippen molar-refractivity contribution < 1.29 is 4.52 Å². The summed E-state index contributed by atoms with van der Waals surface area (Å²) in [6, 6.07) is 7.46. The molecule has 0 saturated carbocycles. The summed E-state index contributed by atoms with van der Waals surface area (Å²) in [5.74, 6) is 0.713. The fourth-order valence-electron chi connectivity index (χ4n) is 2.62. The summed E-state index contributed by atoms with van der Waals surface area (Å²) in [6.07, 6.45) is 3.18. The van der Waals surface area contributed by atoms with E-state index in [-0.39, 0.29) is 12.1 Å². The Balaban J connectivity index is 1.59. The van der Waals surface area contributed by atoms with Crippen molar-refractivity contribution in [1.82, 2.24) is 34.7 Å². The van der Waals surface area contributed by atoms with E-state index in [2.05, 4.69) is 25.4 Å². The average molecular weight is 384 g/mol. The van der Waals surface area contributed by atoms with Crippen LogP contribution in [0.2, 0.25) is 5.02 Å². The van der Waals surface area contributed by atoms with Gasteiger partial charge in [-0.2, -0.15) is 4.98 Å². The van der Waals surface area contributed by atoms with E-state index in [1.165, 1.54) is 15.6 Å². The number of nitrogens with zero attached hydrogens (tertiary/aromatic N) is 7. The zero-order valence-electron chi connectivity index (χ0n) is 14.5. The number of rotatable bonds is 4. The Morgan fingerprint density at radius 1 is 1.30 bits per heavy atom. The highest BCUT2D eigenvalue weighted by Gasteiger charge is 2.13. The SMILES string of the molecule is C/C(=C\c1noc(Cn2cnc3nnn(C)c3c2=O)n1)c1ccc(Cl)cc1. The van der Waals surface area contributed by atoms with Crippen LogP contribution in [0.15, 0.2) is 39.9 Å². The first-order valence-electron chi connectivity index (χ1n) is 8.03. The van der Waals surface area contributed by atoms with Crippen molar-refractivity contribution in [3.63, 3.8) is 0 Å². The van der Waals surface area contributed by atoms with Crippen LogP contribution in [0.4, 0.5) is 0 Å². The predicted octanol–water partition coefficient (Wildman–Crippen LogP) is 2.17. The maximum Gasteiger partial charge on any atom is 0.281 e. The molecule has 4 aromatic rings. The molecule has 0 N–H and O–H groups in total. The van der Waals surface area contributed by atoms with E-state index >= 15 is 0 Å². The minimum atomic E-state index is -0.278. The number of allylic oxidation sites excluding steroid dienone is 1. The number of hydrogen-bond donors (Lipinski definition) is 0. The summed E-state index contributed by atoms with van der Waals surface area (Å²) in [6.45, 7) is 2.05. The predicted molar refractivity (Wildman–Crippen MR) is 99.0 cm³/mol. The van der Waals surface area contributed by atoms with Gasteiger partial charge in [0.15, 0.2) is 11.3 Å². The molecule has 0 atom stereocenters. The molecule has 0 aliphatic rings. The maximum absolute atomic E-state index is 12.5. The summed E-state index contributed by atoms with van der Waals surface area (Å²) in [5, 5.41) is 12.2. The van der Waals surface area contributed by atoms with Gasteiger partial charge in [-0.05, 0) is 36.3 Å². The van der Waals surface area contributed by atoms with E-state index < -0.39 is 0 Å². The van der Waals surface area contributed by atoms with E-state index in [9.17, 15) is 4.79 Å². The van der Waals surface area contributed by atoms with Crippen LogP contribution >= 0.6 is 11.6 Å². The normalized spacial score (nSPS) is 12.0. The summed E-state index contributed by atoms with van der Waals surface area (Å²) in [7, 11) is 1.64. The summed E-state index contributed by atoms with van der Waals surface area (Å²) >= 11 is 5.91. The molecule has 136 valence electrons. The largest absolute Gasteiger partial charge is 0.337 e. The van der Waals surface area contributed by atoms with Crippen LogP contribution in [-0.2, 0) is 13.6 Å². The van der Waals surface area contributed by atoms with Gasteiger partial charge >= 0.3 is 0 Å². The number of hydrogen-bond acceptors (Lipinski definition) is 7. The Labute approximate surface area is 157 Å². The van der Waals surface area contributed by atoms with Gasteiger partial charge in [0.2, 0.25) is 11.5 Å². The zero-order chi connectivity index (χ0) is 19.0. The number of aromatic nitrogens is 7. The van der Waals surface area contributed by atoms with Crippen LogP contribution in [0.25, 0.3) is 22.8 Å². The monoisotopic (exact) mass is 383 g/mol. The van der Waals surface area contributed by atoms with Crippen LogP contribution in [-0.4, -0.2) is 34.7 Å². The molecule has 4 rings (SSSR count). The lowest BCUT2D eigenvalue weighted by atomic mass is 10.1. The van der Waals surface area contributed by atoms with Gasteiger partial charge in [-0.25, -0.2) is 9.67 Å². The lowest BCUT2D eigenvalue weighted by Gasteiger charge is -2.01. The minimum absolute atomic E-state index is 0.105. The van der Waals surface area contributed by atoms with Crippen molar-refractivity contribution in [1.29, 1.82) is 0 Å². The van der Waals surface area contributed by atoms with Crippen LogP contribution in [0.3, 0.4) is 0 Å². The fourth-order valence-corrected chi connectivity index (χ4v) is 2.75. The van der Waals surface area contributed by atoms with Crippen LogP contribution in [0.5, 0.6) is 0 Å². The van der Waals surface area contributed by atoms with Gasteiger partial charge in [0.1, 0.15) is 12.9 Å². The third kappa shape index (κ3) is 3.36. The van der Waals surface area contributed by atoms with Crippen molar-refractivity contribution in [3.8, 4) is 0 Å². The Morgan fingerprint density at radius 2 is 2.07 bits per heavy atom. The molecule has 0 saturated heterocycles. The molecule has 0 fully saturated rings. The maximum atomic E-state index is 12.5. The van der Waals surface area contributed by atoms with Gasteiger partial charge in [0.25, 0.3) is 5.56 Å². The molecule has 0 unspecified atom stereocenters. The standard InChI is InChI=1S/C17H14ClN7O2/c1-10(11-3-5-12(18)6-4-11)7-13-20-14(27-22-13)8-25-9-19-16-15(17(25)26)24(2)23-21-16/h3-7,9H,8H2,1-2H3/b10-7+. The van der Waals surface area contributed by atoms with E-state index in [1.807, 2.05) is 31.2 Å². The van der Waals surface area contributed by atoms with Crippen molar-refractivity contribution in [2.45, 2.75) is 13.5 Å². The molecule has 1 aromatic carbocycles.